The third kappa shape index (κ3) is 5.25. The Balaban J connectivity index is 1.27. The number of benzene rings is 1. The van der Waals surface area contributed by atoms with E-state index in [1.165, 1.54) is 6.07 Å². The molecule has 1 saturated heterocycles. The molecule has 1 aromatic carbocycles. The van der Waals surface area contributed by atoms with E-state index in [4.69, 9.17) is 4.42 Å². The van der Waals surface area contributed by atoms with Crippen LogP contribution in [-0.2, 0) is 11.3 Å². The summed E-state index contributed by atoms with van der Waals surface area (Å²) in [5, 5.41) is 9.81. The van der Waals surface area contributed by atoms with Gasteiger partial charge in [0.2, 0.25) is 5.91 Å². The van der Waals surface area contributed by atoms with Gasteiger partial charge in [-0.25, -0.2) is 4.39 Å². The Morgan fingerprint density at radius 3 is 2.91 bits per heavy atom. The van der Waals surface area contributed by atoms with Crippen molar-refractivity contribution < 1.29 is 18.4 Å². The third-order valence-corrected chi connectivity index (χ3v) is 5.82. The van der Waals surface area contributed by atoms with Gasteiger partial charge in [0, 0.05) is 37.7 Å². The van der Waals surface area contributed by atoms with Crippen LogP contribution in [0.25, 0.3) is 11.5 Å². The standard InChI is InChI=1S/C24H27FN4O3/c1-16-8-10-22(32-16)20-13-21(28-27-20)24(31)29-12-4-5-17(15-29)9-11-23(30)26-14-18-6-2-3-7-19(18)25/h2-3,6-8,10,13,17H,4-5,9,11-12,14-15H2,1H3,(H,26,30)(H,27,28). The topological polar surface area (TPSA) is 91.2 Å². The number of hydrogen-bond donors (Lipinski definition) is 2. The Bertz CT molecular complexity index is 1090. The summed E-state index contributed by atoms with van der Waals surface area (Å²) in [6.45, 7) is 3.32. The second kappa shape index (κ2) is 9.80. The summed E-state index contributed by atoms with van der Waals surface area (Å²) in [4.78, 5) is 26.9. The molecular weight excluding hydrogens is 411 g/mol. The zero-order valence-electron chi connectivity index (χ0n) is 18.1. The number of halogens is 1. The molecule has 2 aromatic heterocycles. The maximum Gasteiger partial charge on any atom is 0.274 e. The van der Waals surface area contributed by atoms with Crippen LogP contribution in [0, 0.1) is 18.7 Å². The lowest BCUT2D eigenvalue weighted by molar-refractivity contribution is -0.121. The van der Waals surface area contributed by atoms with Gasteiger partial charge < -0.3 is 14.6 Å². The highest BCUT2D eigenvalue weighted by atomic mass is 19.1. The van der Waals surface area contributed by atoms with Crippen LogP contribution in [0.15, 0.2) is 46.9 Å². The number of amides is 2. The van der Waals surface area contributed by atoms with Gasteiger partial charge in [0.05, 0.1) is 0 Å². The minimum absolute atomic E-state index is 0.109. The quantitative estimate of drug-likeness (QED) is 0.582. The molecule has 1 fully saturated rings. The predicted molar refractivity (Wildman–Crippen MR) is 117 cm³/mol. The molecule has 2 N–H and O–H groups in total. The van der Waals surface area contributed by atoms with Gasteiger partial charge >= 0.3 is 0 Å². The molecule has 32 heavy (non-hydrogen) atoms. The van der Waals surface area contributed by atoms with Gasteiger partial charge in [-0.3, -0.25) is 14.7 Å². The van der Waals surface area contributed by atoms with Gasteiger partial charge in [0.25, 0.3) is 5.91 Å². The molecule has 1 atom stereocenters. The molecule has 0 spiro atoms. The second-order valence-corrected chi connectivity index (χ2v) is 8.24. The van der Waals surface area contributed by atoms with Crippen LogP contribution in [0.4, 0.5) is 4.39 Å². The largest absolute Gasteiger partial charge is 0.460 e. The van der Waals surface area contributed by atoms with Crippen molar-refractivity contribution in [2.75, 3.05) is 13.1 Å². The average Bonchev–Trinajstić information content (AvgIpc) is 3.46. The average molecular weight is 439 g/mol. The predicted octanol–water partition coefficient (Wildman–Crippen LogP) is 4.07. The van der Waals surface area contributed by atoms with Crippen LogP contribution in [0.5, 0.6) is 0 Å². The van der Waals surface area contributed by atoms with Gasteiger partial charge in [-0.05, 0) is 50.3 Å². The number of nitrogens with one attached hydrogen (secondary N) is 2. The van der Waals surface area contributed by atoms with Crippen molar-refractivity contribution in [2.45, 2.75) is 39.2 Å². The number of aryl methyl sites for hydroxylation is 1. The summed E-state index contributed by atoms with van der Waals surface area (Å²) >= 11 is 0. The van der Waals surface area contributed by atoms with E-state index in [2.05, 4.69) is 15.5 Å². The number of likely N-dealkylation sites (tertiary alicyclic amines) is 1. The zero-order chi connectivity index (χ0) is 22.5. The summed E-state index contributed by atoms with van der Waals surface area (Å²) in [6, 6.07) is 11.8. The lowest BCUT2D eigenvalue weighted by Crippen LogP contribution is -2.40. The van der Waals surface area contributed by atoms with Crippen LogP contribution in [0.3, 0.4) is 0 Å². The molecule has 2 amide bonds. The first-order valence-corrected chi connectivity index (χ1v) is 10.9. The molecule has 0 bridgehead atoms. The maximum absolute atomic E-state index is 13.7. The Kier molecular flexibility index (Phi) is 6.68. The van der Waals surface area contributed by atoms with Gasteiger partial charge in [-0.15, -0.1) is 0 Å². The van der Waals surface area contributed by atoms with E-state index in [1.54, 1.807) is 29.2 Å². The second-order valence-electron chi connectivity index (χ2n) is 8.24. The Morgan fingerprint density at radius 1 is 1.28 bits per heavy atom. The molecule has 1 aliphatic rings. The molecule has 0 aliphatic carbocycles. The molecule has 1 unspecified atom stereocenters. The molecule has 168 valence electrons. The fraction of sp³-hybridized carbons (Fsp3) is 0.375. The van der Waals surface area contributed by atoms with Crippen molar-refractivity contribution in [2.24, 2.45) is 5.92 Å². The third-order valence-electron chi connectivity index (χ3n) is 5.82. The van der Waals surface area contributed by atoms with Gasteiger partial charge in [0.1, 0.15) is 17.3 Å². The van der Waals surface area contributed by atoms with Crippen molar-refractivity contribution in [1.82, 2.24) is 20.4 Å². The number of rotatable bonds is 7. The molecule has 0 saturated carbocycles. The molecule has 0 radical (unpaired) electrons. The lowest BCUT2D eigenvalue weighted by atomic mass is 9.93. The van der Waals surface area contributed by atoms with Crippen molar-refractivity contribution in [3.8, 4) is 11.5 Å². The number of H-pyrrole nitrogens is 1. The molecule has 1 aliphatic heterocycles. The Morgan fingerprint density at radius 2 is 2.12 bits per heavy atom. The van der Waals surface area contributed by atoms with Crippen LogP contribution in [0.2, 0.25) is 0 Å². The zero-order valence-corrected chi connectivity index (χ0v) is 18.1. The van der Waals surface area contributed by atoms with E-state index in [9.17, 15) is 14.0 Å². The first kappa shape index (κ1) is 21.8. The van der Waals surface area contributed by atoms with Crippen LogP contribution < -0.4 is 5.32 Å². The first-order chi connectivity index (χ1) is 15.5. The van der Waals surface area contributed by atoms with Crippen molar-refractivity contribution >= 4 is 11.8 Å². The van der Waals surface area contributed by atoms with Crippen LogP contribution in [-0.4, -0.2) is 40.0 Å². The van der Waals surface area contributed by atoms with Gasteiger partial charge in [-0.2, -0.15) is 5.10 Å². The van der Waals surface area contributed by atoms with E-state index in [-0.39, 0.29) is 30.1 Å². The number of nitrogens with zero attached hydrogens (tertiary/aromatic N) is 2. The minimum atomic E-state index is -0.321. The normalized spacial score (nSPS) is 16.2. The molecule has 7 nitrogen and oxygen atoms in total. The number of carbonyl (C=O) groups excluding carboxylic acids is 2. The van der Waals surface area contributed by atoms with E-state index < -0.39 is 0 Å². The number of carbonyl (C=O) groups is 2. The Hall–Kier alpha value is -3.42. The summed E-state index contributed by atoms with van der Waals surface area (Å²) in [5.74, 6) is 1.13. The lowest BCUT2D eigenvalue weighted by Gasteiger charge is -2.32. The fourth-order valence-electron chi connectivity index (χ4n) is 4.04. The number of furan rings is 1. The smallest absolute Gasteiger partial charge is 0.274 e. The number of aromatic amines is 1. The Labute approximate surface area is 186 Å². The van der Waals surface area contributed by atoms with Gasteiger partial charge in [-0.1, -0.05) is 18.2 Å². The van der Waals surface area contributed by atoms with Crippen LogP contribution in [0.1, 0.15) is 47.5 Å². The van der Waals surface area contributed by atoms with Crippen molar-refractivity contribution in [3.63, 3.8) is 0 Å². The highest BCUT2D eigenvalue weighted by Crippen LogP contribution is 2.24. The summed E-state index contributed by atoms with van der Waals surface area (Å²) in [5.41, 5.74) is 1.50. The summed E-state index contributed by atoms with van der Waals surface area (Å²) in [7, 11) is 0. The summed E-state index contributed by atoms with van der Waals surface area (Å²) < 4.78 is 19.3. The highest BCUT2D eigenvalue weighted by Gasteiger charge is 2.26. The number of aromatic nitrogens is 2. The molecule has 3 aromatic rings. The van der Waals surface area contributed by atoms with Crippen LogP contribution >= 0.6 is 0 Å². The molecule has 8 heteroatoms. The SMILES string of the molecule is Cc1ccc(-c2cc(C(=O)N3CCCC(CCC(=O)NCc4ccccc4F)C3)n[nH]2)o1. The van der Waals surface area contributed by atoms with E-state index >= 15 is 0 Å². The first-order valence-electron chi connectivity index (χ1n) is 10.9. The van der Waals surface area contributed by atoms with Crippen molar-refractivity contribution in [3.05, 3.63) is 65.3 Å². The van der Waals surface area contributed by atoms with E-state index in [1.807, 2.05) is 19.1 Å². The highest BCUT2D eigenvalue weighted by molar-refractivity contribution is 5.93. The molecule has 4 rings (SSSR count). The summed E-state index contributed by atoms with van der Waals surface area (Å²) in [6.07, 6.45) is 2.90. The molecular formula is C24H27FN4O3. The number of hydrogen-bond acceptors (Lipinski definition) is 4. The van der Waals surface area contributed by atoms with Crippen molar-refractivity contribution in [1.29, 1.82) is 0 Å². The van der Waals surface area contributed by atoms with E-state index in [0.29, 0.717) is 48.6 Å². The monoisotopic (exact) mass is 438 g/mol. The molecule has 3 heterocycles. The minimum Gasteiger partial charge on any atom is -0.460 e. The van der Waals surface area contributed by atoms with Gasteiger partial charge in [0.15, 0.2) is 11.5 Å². The van der Waals surface area contributed by atoms with E-state index in [0.717, 1.165) is 18.6 Å². The fourth-order valence-corrected chi connectivity index (χ4v) is 4.04. The number of piperidine rings is 1. The maximum atomic E-state index is 13.7.